The molecule has 1 aliphatic carbocycles. The maximum absolute atomic E-state index is 9.19. The van der Waals surface area contributed by atoms with Crippen molar-refractivity contribution < 1.29 is 5.11 Å². The van der Waals surface area contributed by atoms with Gasteiger partial charge in [0.1, 0.15) is 0 Å². The molecule has 1 aromatic carbocycles. The summed E-state index contributed by atoms with van der Waals surface area (Å²) in [5.74, 6) is 0.784. The van der Waals surface area contributed by atoms with Crippen LogP contribution in [0.2, 0.25) is 0 Å². The normalized spacial score (nSPS) is 24.5. The number of aliphatic hydroxyl groups excluding tert-OH is 1. The van der Waals surface area contributed by atoms with Crippen molar-refractivity contribution >= 4 is 0 Å². The van der Waals surface area contributed by atoms with Crippen molar-refractivity contribution in [2.45, 2.75) is 69.7 Å². The molecule has 1 atom stereocenters. The zero-order valence-electron chi connectivity index (χ0n) is 13.8. The largest absolute Gasteiger partial charge is 0.396 e. The van der Waals surface area contributed by atoms with E-state index >= 15 is 0 Å². The summed E-state index contributed by atoms with van der Waals surface area (Å²) in [4.78, 5) is 2.63. The Morgan fingerprint density at radius 1 is 0.909 bits per heavy atom. The minimum atomic E-state index is 0.313. The Morgan fingerprint density at radius 2 is 1.64 bits per heavy atom. The number of rotatable bonds is 5. The molecule has 0 bridgehead atoms. The molecule has 1 heterocycles. The Kier molecular flexibility index (Phi) is 5.91. The van der Waals surface area contributed by atoms with Crippen LogP contribution in [-0.2, 0) is 0 Å². The third-order valence-corrected chi connectivity index (χ3v) is 5.62. The van der Waals surface area contributed by atoms with Crippen molar-refractivity contribution in [2.75, 3.05) is 19.7 Å². The predicted molar refractivity (Wildman–Crippen MR) is 92.1 cm³/mol. The summed E-state index contributed by atoms with van der Waals surface area (Å²) in [7, 11) is 0. The average molecular weight is 301 g/mol. The lowest BCUT2D eigenvalue weighted by Gasteiger charge is -2.38. The van der Waals surface area contributed by atoms with Gasteiger partial charge in [0.2, 0.25) is 0 Å². The highest BCUT2D eigenvalue weighted by Crippen LogP contribution is 2.40. The lowest BCUT2D eigenvalue weighted by molar-refractivity contribution is 0.134. The van der Waals surface area contributed by atoms with Crippen molar-refractivity contribution in [3.8, 4) is 0 Å². The van der Waals surface area contributed by atoms with Crippen LogP contribution in [0.4, 0.5) is 0 Å². The van der Waals surface area contributed by atoms with Gasteiger partial charge in [-0.2, -0.15) is 0 Å². The molecule has 0 radical (unpaired) electrons. The highest BCUT2D eigenvalue weighted by atomic mass is 16.3. The Morgan fingerprint density at radius 3 is 2.41 bits per heavy atom. The van der Waals surface area contributed by atoms with Gasteiger partial charge < -0.3 is 5.11 Å². The first-order valence-corrected chi connectivity index (χ1v) is 9.34. The molecule has 2 fully saturated rings. The number of benzene rings is 1. The summed E-state index contributed by atoms with van der Waals surface area (Å²) in [5, 5.41) is 9.19. The fourth-order valence-corrected chi connectivity index (χ4v) is 4.48. The van der Waals surface area contributed by atoms with Gasteiger partial charge >= 0.3 is 0 Å². The van der Waals surface area contributed by atoms with E-state index in [4.69, 9.17) is 0 Å². The van der Waals surface area contributed by atoms with Gasteiger partial charge in [0, 0.05) is 19.2 Å². The zero-order chi connectivity index (χ0) is 15.2. The maximum atomic E-state index is 9.19. The number of hydrogen-bond acceptors (Lipinski definition) is 2. The van der Waals surface area contributed by atoms with E-state index in [0.29, 0.717) is 12.6 Å². The fourth-order valence-electron chi connectivity index (χ4n) is 4.48. The smallest absolute Gasteiger partial charge is 0.0443 e. The van der Waals surface area contributed by atoms with E-state index in [1.807, 2.05) is 0 Å². The highest BCUT2D eigenvalue weighted by molar-refractivity contribution is 5.33. The molecule has 1 unspecified atom stereocenters. The monoisotopic (exact) mass is 301 g/mol. The molecular weight excluding hydrogens is 270 g/mol. The molecule has 0 spiro atoms. The van der Waals surface area contributed by atoms with Crippen molar-refractivity contribution in [2.24, 2.45) is 0 Å². The summed E-state index contributed by atoms with van der Waals surface area (Å²) < 4.78 is 0. The third-order valence-electron chi connectivity index (χ3n) is 5.62. The first-order chi connectivity index (χ1) is 10.9. The Bertz CT molecular complexity index is 453. The van der Waals surface area contributed by atoms with Crippen LogP contribution in [0.25, 0.3) is 0 Å². The minimum absolute atomic E-state index is 0.313. The first-order valence-electron chi connectivity index (χ1n) is 9.34. The van der Waals surface area contributed by atoms with E-state index in [0.717, 1.165) is 18.9 Å². The first kappa shape index (κ1) is 16.0. The molecule has 1 saturated carbocycles. The Labute approximate surface area is 135 Å². The number of likely N-dealkylation sites (tertiary alicyclic amines) is 1. The molecule has 22 heavy (non-hydrogen) atoms. The van der Waals surface area contributed by atoms with Crippen LogP contribution in [0.1, 0.15) is 80.9 Å². The van der Waals surface area contributed by atoms with Crippen LogP contribution in [0.15, 0.2) is 24.3 Å². The van der Waals surface area contributed by atoms with E-state index in [-0.39, 0.29) is 0 Å². The van der Waals surface area contributed by atoms with Gasteiger partial charge in [-0.1, -0.05) is 49.9 Å². The van der Waals surface area contributed by atoms with Gasteiger partial charge in [-0.05, 0) is 55.7 Å². The summed E-state index contributed by atoms with van der Waals surface area (Å²) in [6.07, 6.45) is 11.8. The molecular formula is C20H31NO. The summed E-state index contributed by atoms with van der Waals surface area (Å²) in [6, 6.07) is 9.81. The summed E-state index contributed by atoms with van der Waals surface area (Å²) >= 11 is 0. The van der Waals surface area contributed by atoms with Gasteiger partial charge in [0.05, 0.1) is 0 Å². The van der Waals surface area contributed by atoms with Crippen LogP contribution in [-0.4, -0.2) is 29.7 Å². The van der Waals surface area contributed by atoms with Crippen molar-refractivity contribution in [3.63, 3.8) is 0 Å². The molecule has 1 aromatic rings. The van der Waals surface area contributed by atoms with Crippen LogP contribution in [0, 0.1) is 0 Å². The lowest BCUT2D eigenvalue weighted by atomic mass is 9.79. The van der Waals surface area contributed by atoms with Gasteiger partial charge in [-0.3, -0.25) is 4.90 Å². The standard InChI is InChI=1S/C20H31NO/c22-16-8-15-21-14-7-6-13-20(21)19-12-5-4-11-18(19)17-9-2-1-3-10-17/h4-5,11-12,17,20,22H,1-3,6-10,13-16H2. The van der Waals surface area contributed by atoms with Crippen LogP contribution < -0.4 is 0 Å². The van der Waals surface area contributed by atoms with Crippen LogP contribution in [0.5, 0.6) is 0 Å². The van der Waals surface area contributed by atoms with Gasteiger partial charge in [0.15, 0.2) is 0 Å². The lowest BCUT2D eigenvalue weighted by Crippen LogP contribution is -2.35. The SMILES string of the molecule is OCCCN1CCCCC1c1ccccc1C1CCCCC1. The molecule has 1 saturated heterocycles. The molecule has 3 rings (SSSR count). The van der Waals surface area contributed by atoms with Crippen molar-refractivity contribution in [3.05, 3.63) is 35.4 Å². The van der Waals surface area contributed by atoms with Crippen LogP contribution >= 0.6 is 0 Å². The molecule has 1 N–H and O–H groups in total. The topological polar surface area (TPSA) is 23.5 Å². The molecule has 0 aromatic heterocycles. The number of aliphatic hydroxyl groups is 1. The Balaban J connectivity index is 1.82. The average Bonchev–Trinajstić information content (AvgIpc) is 2.61. The molecule has 2 aliphatic rings. The van der Waals surface area contributed by atoms with Crippen molar-refractivity contribution in [1.29, 1.82) is 0 Å². The number of nitrogens with zero attached hydrogens (tertiary/aromatic N) is 1. The summed E-state index contributed by atoms with van der Waals surface area (Å²) in [6.45, 7) is 2.55. The molecule has 0 amide bonds. The van der Waals surface area contributed by atoms with E-state index < -0.39 is 0 Å². The molecule has 2 nitrogen and oxygen atoms in total. The van der Waals surface area contributed by atoms with Crippen LogP contribution in [0.3, 0.4) is 0 Å². The zero-order valence-corrected chi connectivity index (χ0v) is 13.8. The highest BCUT2D eigenvalue weighted by Gasteiger charge is 2.27. The molecule has 2 heteroatoms. The second-order valence-electron chi connectivity index (χ2n) is 7.09. The third kappa shape index (κ3) is 3.72. The van der Waals surface area contributed by atoms with Gasteiger partial charge in [-0.25, -0.2) is 0 Å². The fraction of sp³-hybridized carbons (Fsp3) is 0.700. The second kappa shape index (κ2) is 8.12. The van der Waals surface area contributed by atoms with E-state index in [1.165, 1.54) is 57.9 Å². The number of hydrogen-bond donors (Lipinski definition) is 1. The quantitative estimate of drug-likeness (QED) is 0.856. The Hall–Kier alpha value is -0.860. The maximum Gasteiger partial charge on any atom is 0.0443 e. The molecule has 122 valence electrons. The summed E-state index contributed by atoms with van der Waals surface area (Å²) in [5.41, 5.74) is 3.22. The minimum Gasteiger partial charge on any atom is -0.396 e. The van der Waals surface area contributed by atoms with E-state index in [1.54, 1.807) is 11.1 Å². The van der Waals surface area contributed by atoms with E-state index in [2.05, 4.69) is 29.2 Å². The second-order valence-corrected chi connectivity index (χ2v) is 7.09. The van der Waals surface area contributed by atoms with Gasteiger partial charge in [-0.15, -0.1) is 0 Å². The number of piperidine rings is 1. The van der Waals surface area contributed by atoms with Gasteiger partial charge in [0.25, 0.3) is 0 Å². The predicted octanol–water partition coefficient (Wildman–Crippen LogP) is 4.64. The van der Waals surface area contributed by atoms with E-state index in [9.17, 15) is 5.11 Å². The molecule has 1 aliphatic heterocycles. The van der Waals surface area contributed by atoms with Crippen molar-refractivity contribution in [1.82, 2.24) is 4.90 Å².